The minimum atomic E-state index is 0.615. The highest BCUT2D eigenvalue weighted by Crippen LogP contribution is 2.25. The summed E-state index contributed by atoms with van der Waals surface area (Å²) in [7, 11) is 0. The van der Waals surface area contributed by atoms with Crippen molar-refractivity contribution in [3.8, 4) is 11.3 Å². The van der Waals surface area contributed by atoms with Gasteiger partial charge in [-0.25, -0.2) is 0 Å². The highest BCUT2D eigenvalue weighted by molar-refractivity contribution is 7.99. The van der Waals surface area contributed by atoms with E-state index < -0.39 is 0 Å². The second-order valence-electron chi connectivity index (χ2n) is 3.85. The van der Waals surface area contributed by atoms with Gasteiger partial charge >= 0.3 is 0 Å². The molecule has 0 bridgehead atoms. The lowest BCUT2D eigenvalue weighted by Crippen LogP contribution is -1.85. The molecule has 84 valence electrons. The zero-order valence-corrected chi connectivity index (χ0v) is 10.9. The molecule has 0 spiro atoms. The van der Waals surface area contributed by atoms with Crippen molar-refractivity contribution in [2.24, 2.45) is 0 Å². The molecule has 0 radical (unpaired) electrons. The third-order valence-electron chi connectivity index (χ3n) is 2.13. The normalized spacial score (nSPS) is 10.9. The SMILES string of the molecule is CC(C)Sc1ccc(-c2c[nH]c(=S)[nH]2)cc1. The molecule has 0 amide bonds. The molecule has 16 heavy (non-hydrogen) atoms. The van der Waals surface area contributed by atoms with Crippen molar-refractivity contribution in [2.75, 3.05) is 0 Å². The third kappa shape index (κ3) is 2.77. The van der Waals surface area contributed by atoms with Crippen molar-refractivity contribution in [3.63, 3.8) is 0 Å². The molecular formula is C12H14N2S2. The van der Waals surface area contributed by atoms with E-state index in [1.807, 2.05) is 18.0 Å². The standard InChI is InChI=1S/C12H14N2S2/c1-8(2)16-10-5-3-9(4-6-10)11-7-13-12(15)14-11/h3-8H,1-2H3,(H2,13,14,15). The molecule has 1 aromatic heterocycles. The van der Waals surface area contributed by atoms with Crippen LogP contribution in [0.2, 0.25) is 0 Å². The first-order valence-electron chi connectivity index (χ1n) is 5.20. The lowest BCUT2D eigenvalue weighted by molar-refractivity contribution is 1.11. The van der Waals surface area contributed by atoms with Crippen molar-refractivity contribution < 1.29 is 0 Å². The monoisotopic (exact) mass is 250 g/mol. The maximum Gasteiger partial charge on any atom is 0.174 e. The fraction of sp³-hybridized carbons (Fsp3) is 0.250. The Kier molecular flexibility index (Phi) is 3.51. The van der Waals surface area contributed by atoms with Gasteiger partial charge in [-0.1, -0.05) is 26.0 Å². The number of rotatable bonds is 3. The maximum atomic E-state index is 5.00. The molecule has 0 fully saturated rings. The van der Waals surface area contributed by atoms with Crippen LogP contribution in [0.25, 0.3) is 11.3 Å². The van der Waals surface area contributed by atoms with Gasteiger partial charge in [-0.05, 0) is 29.9 Å². The zero-order chi connectivity index (χ0) is 11.5. The first kappa shape index (κ1) is 11.5. The van der Waals surface area contributed by atoms with Crippen molar-refractivity contribution >= 4 is 24.0 Å². The maximum absolute atomic E-state index is 5.00. The lowest BCUT2D eigenvalue weighted by Gasteiger charge is -2.05. The molecule has 1 aromatic carbocycles. The fourth-order valence-electron chi connectivity index (χ4n) is 1.47. The van der Waals surface area contributed by atoms with Crippen LogP contribution in [-0.4, -0.2) is 15.2 Å². The molecule has 0 atom stereocenters. The van der Waals surface area contributed by atoms with Crippen LogP contribution < -0.4 is 0 Å². The second-order valence-corrected chi connectivity index (χ2v) is 5.91. The Bertz CT molecular complexity index is 508. The van der Waals surface area contributed by atoms with Gasteiger partial charge in [-0.15, -0.1) is 11.8 Å². The van der Waals surface area contributed by atoms with Gasteiger partial charge in [0.05, 0.1) is 5.69 Å². The first-order chi connectivity index (χ1) is 7.65. The first-order valence-corrected chi connectivity index (χ1v) is 6.49. The van der Waals surface area contributed by atoms with Gasteiger partial charge in [0.15, 0.2) is 4.77 Å². The summed E-state index contributed by atoms with van der Waals surface area (Å²) in [6, 6.07) is 8.51. The molecule has 0 aliphatic heterocycles. The Hall–Kier alpha value is -1.00. The molecule has 1 heterocycles. The van der Waals surface area contributed by atoms with E-state index >= 15 is 0 Å². The largest absolute Gasteiger partial charge is 0.337 e. The van der Waals surface area contributed by atoms with Crippen LogP contribution in [0.15, 0.2) is 35.4 Å². The molecule has 0 saturated carbocycles. The Morgan fingerprint density at radius 2 is 1.88 bits per heavy atom. The minimum absolute atomic E-state index is 0.615. The van der Waals surface area contributed by atoms with E-state index in [1.165, 1.54) is 4.90 Å². The number of hydrogen-bond acceptors (Lipinski definition) is 2. The molecular weight excluding hydrogens is 236 g/mol. The van der Waals surface area contributed by atoms with Crippen LogP contribution in [0, 0.1) is 4.77 Å². The summed E-state index contributed by atoms with van der Waals surface area (Å²) in [5.41, 5.74) is 2.19. The van der Waals surface area contributed by atoms with Crippen molar-refractivity contribution in [3.05, 3.63) is 35.2 Å². The summed E-state index contributed by atoms with van der Waals surface area (Å²) in [5, 5.41) is 0.615. The highest BCUT2D eigenvalue weighted by atomic mass is 32.2. The Balaban J connectivity index is 2.22. The second kappa shape index (κ2) is 4.89. The third-order valence-corrected chi connectivity index (χ3v) is 3.37. The van der Waals surface area contributed by atoms with E-state index in [0.717, 1.165) is 11.3 Å². The number of H-pyrrole nitrogens is 2. The number of thioether (sulfide) groups is 1. The van der Waals surface area contributed by atoms with E-state index in [-0.39, 0.29) is 0 Å². The molecule has 2 N–H and O–H groups in total. The highest BCUT2D eigenvalue weighted by Gasteiger charge is 2.01. The summed E-state index contributed by atoms with van der Waals surface area (Å²) in [4.78, 5) is 7.37. The van der Waals surface area contributed by atoms with Gasteiger partial charge in [-0.3, -0.25) is 0 Å². The van der Waals surface area contributed by atoms with Crippen molar-refractivity contribution in [1.82, 2.24) is 9.97 Å². The van der Waals surface area contributed by atoms with Crippen LogP contribution in [0.3, 0.4) is 0 Å². The summed E-state index contributed by atoms with van der Waals surface area (Å²) in [5.74, 6) is 0. The van der Waals surface area contributed by atoms with Crippen molar-refractivity contribution in [1.29, 1.82) is 0 Å². The van der Waals surface area contributed by atoms with Crippen LogP contribution in [0.5, 0.6) is 0 Å². The predicted molar refractivity (Wildman–Crippen MR) is 72.4 cm³/mol. The molecule has 0 aliphatic carbocycles. The van der Waals surface area contributed by atoms with Gasteiger partial charge < -0.3 is 9.97 Å². The number of aromatic nitrogens is 2. The number of nitrogens with one attached hydrogen (secondary N) is 2. The van der Waals surface area contributed by atoms with E-state index in [4.69, 9.17) is 12.2 Å². The quantitative estimate of drug-likeness (QED) is 0.630. The van der Waals surface area contributed by atoms with Gasteiger partial charge in [0, 0.05) is 16.3 Å². The summed E-state index contributed by atoms with van der Waals surface area (Å²) < 4.78 is 0.663. The zero-order valence-electron chi connectivity index (χ0n) is 9.28. The predicted octanol–water partition coefficient (Wildman–Crippen LogP) is 4.24. The van der Waals surface area contributed by atoms with Gasteiger partial charge in [0.1, 0.15) is 0 Å². The average Bonchev–Trinajstić information content (AvgIpc) is 2.65. The van der Waals surface area contributed by atoms with E-state index in [9.17, 15) is 0 Å². The Labute approximate surface area is 104 Å². The van der Waals surface area contributed by atoms with Crippen molar-refractivity contribution in [2.45, 2.75) is 24.0 Å². The minimum Gasteiger partial charge on any atom is -0.337 e. The van der Waals surface area contributed by atoms with Crippen LogP contribution in [0.1, 0.15) is 13.8 Å². The molecule has 2 nitrogen and oxygen atoms in total. The van der Waals surface area contributed by atoms with Gasteiger partial charge in [-0.2, -0.15) is 0 Å². The molecule has 0 aliphatic rings. The summed E-state index contributed by atoms with van der Waals surface area (Å²) >= 11 is 6.87. The average molecular weight is 250 g/mol. The fourth-order valence-corrected chi connectivity index (χ4v) is 2.48. The van der Waals surface area contributed by atoms with Crippen LogP contribution >= 0.6 is 24.0 Å². The summed E-state index contributed by atoms with van der Waals surface area (Å²) in [6.07, 6.45) is 1.90. The topological polar surface area (TPSA) is 31.6 Å². The van der Waals surface area contributed by atoms with E-state index in [2.05, 4.69) is 48.1 Å². The van der Waals surface area contributed by atoms with E-state index in [1.54, 1.807) is 0 Å². The number of imidazole rings is 1. The Morgan fingerprint density at radius 1 is 1.19 bits per heavy atom. The molecule has 0 unspecified atom stereocenters. The smallest absolute Gasteiger partial charge is 0.174 e. The van der Waals surface area contributed by atoms with Crippen LogP contribution in [-0.2, 0) is 0 Å². The van der Waals surface area contributed by atoms with Gasteiger partial charge in [0.25, 0.3) is 0 Å². The molecule has 4 heteroatoms. The van der Waals surface area contributed by atoms with Crippen LogP contribution in [0.4, 0.5) is 0 Å². The number of hydrogen-bond donors (Lipinski definition) is 2. The summed E-state index contributed by atoms with van der Waals surface area (Å²) in [6.45, 7) is 4.39. The molecule has 0 saturated heterocycles. The lowest BCUT2D eigenvalue weighted by atomic mass is 10.2. The number of benzene rings is 1. The van der Waals surface area contributed by atoms with Gasteiger partial charge in [0.2, 0.25) is 0 Å². The Morgan fingerprint density at radius 3 is 2.38 bits per heavy atom. The van der Waals surface area contributed by atoms with E-state index in [0.29, 0.717) is 10.0 Å². The molecule has 2 aromatic rings. The number of aromatic amines is 2. The molecule has 2 rings (SSSR count).